The number of hydrogen-bond donors (Lipinski definition) is 2. The van der Waals surface area contributed by atoms with Crippen molar-refractivity contribution in [3.8, 4) is 0 Å². The van der Waals surface area contributed by atoms with E-state index in [1.165, 1.54) is 17.7 Å². The standard InChI is InChI=1S/C24H28F2N4O2/c1-29-12-9-17-13-16(5-8-21(17)29)22(30-10-3-2-4-11-30)15-27-23(31)24(32)28-20-7-6-18(25)14-19(20)26/h5-8,13-14,22H,2-4,9-12,15H2,1H3,(H,27,31)(H,28,32)/t22-/m1/s1. The average Bonchev–Trinajstić information content (AvgIpc) is 3.16. The fraction of sp³-hybridized carbons (Fsp3) is 0.417. The first-order chi connectivity index (χ1) is 15.4. The van der Waals surface area contributed by atoms with Crippen LogP contribution in [0.4, 0.5) is 20.2 Å². The van der Waals surface area contributed by atoms with E-state index in [9.17, 15) is 18.4 Å². The molecule has 8 heteroatoms. The average molecular weight is 443 g/mol. The second-order valence-electron chi connectivity index (χ2n) is 8.46. The molecule has 1 saturated heterocycles. The first-order valence-corrected chi connectivity index (χ1v) is 11.0. The molecule has 0 radical (unpaired) electrons. The number of piperidine rings is 1. The van der Waals surface area contributed by atoms with Crippen LogP contribution in [0.3, 0.4) is 0 Å². The summed E-state index contributed by atoms with van der Waals surface area (Å²) in [7, 11) is 2.08. The topological polar surface area (TPSA) is 64.7 Å². The summed E-state index contributed by atoms with van der Waals surface area (Å²) < 4.78 is 26.8. The molecule has 32 heavy (non-hydrogen) atoms. The van der Waals surface area contributed by atoms with E-state index in [0.717, 1.165) is 56.6 Å². The summed E-state index contributed by atoms with van der Waals surface area (Å²) in [5.74, 6) is -3.52. The molecular weight excluding hydrogens is 414 g/mol. The summed E-state index contributed by atoms with van der Waals surface area (Å²) in [6, 6.07) is 9.15. The molecule has 6 nitrogen and oxygen atoms in total. The summed E-state index contributed by atoms with van der Waals surface area (Å²) in [4.78, 5) is 29.3. The van der Waals surface area contributed by atoms with Crippen molar-refractivity contribution in [3.63, 3.8) is 0 Å². The van der Waals surface area contributed by atoms with Crippen LogP contribution in [-0.2, 0) is 16.0 Å². The van der Waals surface area contributed by atoms with Gasteiger partial charge in [-0.1, -0.05) is 18.6 Å². The smallest absolute Gasteiger partial charge is 0.313 e. The molecule has 4 rings (SSSR count). The Labute approximate surface area is 186 Å². The number of nitrogens with zero attached hydrogens (tertiary/aromatic N) is 2. The fourth-order valence-electron chi connectivity index (χ4n) is 4.52. The number of rotatable bonds is 5. The molecule has 2 amide bonds. The number of halogens is 2. The molecule has 2 aliphatic rings. The molecule has 0 spiro atoms. The number of benzene rings is 2. The van der Waals surface area contributed by atoms with Crippen molar-refractivity contribution in [2.75, 3.05) is 43.4 Å². The van der Waals surface area contributed by atoms with E-state index in [2.05, 4.69) is 45.7 Å². The molecule has 2 N–H and O–H groups in total. The Morgan fingerprint density at radius 1 is 1.00 bits per heavy atom. The molecule has 0 unspecified atom stereocenters. The highest BCUT2D eigenvalue weighted by atomic mass is 19.1. The molecule has 2 aromatic rings. The minimum atomic E-state index is -0.983. The van der Waals surface area contributed by atoms with Crippen LogP contribution < -0.4 is 15.5 Å². The zero-order valence-corrected chi connectivity index (χ0v) is 18.2. The molecule has 1 atom stereocenters. The number of likely N-dealkylation sites (N-methyl/N-ethyl adjacent to an activating group) is 1. The van der Waals surface area contributed by atoms with Gasteiger partial charge in [-0.05, 0) is 61.7 Å². The van der Waals surface area contributed by atoms with Gasteiger partial charge in [0.25, 0.3) is 0 Å². The highest BCUT2D eigenvalue weighted by molar-refractivity contribution is 6.39. The van der Waals surface area contributed by atoms with Crippen LogP contribution >= 0.6 is 0 Å². The maximum Gasteiger partial charge on any atom is 0.313 e. The lowest BCUT2D eigenvalue weighted by Crippen LogP contribution is -2.43. The van der Waals surface area contributed by atoms with Crippen molar-refractivity contribution in [2.45, 2.75) is 31.7 Å². The molecule has 2 aliphatic heterocycles. The van der Waals surface area contributed by atoms with Crippen LogP contribution in [0.1, 0.15) is 36.4 Å². The molecule has 0 bridgehead atoms. The monoisotopic (exact) mass is 442 g/mol. The molecule has 0 aromatic heterocycles. The van der Waals surface area contributed by atoms with Crippen molar-refractivity contribution < 1.29 is 18.4 Å². The SMILES string of the molecule is CN1CCc2cc([C@@H](CNC(=O)C(=O)Nc3ccc(F)cc3F)N3CCCCC3)ccc21. The molecule has 2 heterocycles. The normalized spacial score (nSPS) is 17.0. The van der Waals surface area contributed by atoms with Gasteiger partial charge in [0.05, 0.1) is 11.7 Å². The number of carbonyl (C=O) groups is 2. The van der Waals surface area contributed by atoms with Crippen molar-refractivity contribution in [2.24, 2.45) is 0 Å². The second kappa shape index (κ2) is 9.65. The predicted molar refractivity (Wildman–Crippen MR) is 120 cm³/mol. The van der Waals surface area contributed by atoms with Gasteiger partial charge in [0.1, 0.15) is 11.6 Å². The first-order valence-electron chi connectivity index (χ1n) is 11.0. The zero-order chi connectivity index (χ0) is 22.7. The van der Waals surface area contributed by atoms with Crippen molar-refractivity contribution >= 4 is 23.2 Å². The van der Waals surface area contributed by atoms with Crippen LogP contribution in [0.15, 0.2) is 36.4 Å². The third kappa shape index (κ3) is 4.91. The lowest BCUT2D eigenvalue weighted by atomic mass is 9.98. The number of carbonyl (C=O) groups excluding carboxylic acids is 2. The molecule has 170 valence electrons. The number of nitrogens with one attached hydrogen (secondary N) is 2. The minimum absolute atomic E-state index is 0.0502. The van der Waals surface area contributed by atoms with Gasteiger partial charge in [0.15, 0.2) is 0 Å². The van der Waals surface area contributed by atoms with Gasteiger partial charge < -0.3 is 15.5 Å². The molecule has 2 aromatic carbocycles. The third-order valence-electron chi connectivity index (χ3n) is 6.29. The highest BCUT2D eigenvalue weighted by Gasteiger charge is 2.26. The Kier molecular flexibility index (Phi) is 6.69. The van der Waals surface area contributed by atoms with E-state index in [-0.39, 0.29) is 18.3 Å². The number of anilines is 2. The molecule has 0 saturated carbocycles. The Hall–Kier alpha value is -3.00. The van der Waals surface area contributed by atoms with Crippen LogP contribution in [0, 0.1) is 11.6 Å². The maximum atomic E-state index is 13.8. The van der Waals surface area contributed by atoms with Gasteiger partial charge in [-0.2, -0.15) is 0 Å². The Morgan fingerprint density at radius 3 is 2.53 bits per heavy atom. The third-order valence-corrected chi connectivity index (χ3v) is 6.29. The summed E-state index contributed by atoms with van der Waals surface area (Å²) in [5, 5.41) is 4.91. The Balaban J connectivity index is 1.45. The van der Waals surface area contributed by atoms with Crippen LogP contribution in [-0.4, -0.2) is 49.9 Å². The van der Waals surface area contributed by atoms with Crippen molar-refractivity contribution in [1.82, 2.24) is 10.2 Å². The highest BCUT2D eigenvalue weighted by Crippen LogP contribution is 2.32. The lowest BCUT2D eigenvalue weighted by Gasteiger charge is -2.35. The van der Waals surface area contributed by atoms with Crippen LogP contribution in [0.5, 0.6) is 0 Å². The number of amides is 2. The maximum absolute atomic E-state index is 13.8. The fourth-order valence-corrected chi connectivity index (χ4v) is 4.52. The van der Waals surface area contributed by atoms with Crippen LogP contribution in [0.2, 0.25) is 0 Å². The second-order valence-corrected chi connectivity index (χ2v) is 8.46. The Morgan fingerprint density at radius 2 is 1.78 bits per heavy atom. The van der Waals surface area contributed by atoms with E-state index in [0.29, 0.717) is 6.07 Å². The molecular formula is C24H28F2N4O2. The number of likely N-dealkylation sites (tertiary alicyclic amines) is 1. The summed E-state index contributed by atoms with van der Waals surface area (Å²) in [6.45, 7) is 3.13. The molecule has 0 aliphatic carbocycles. The minimum Gasteiger partial charge on any atom is -0.374 e. The van der Waals surface area contributed by atoms with Crippen LogP contribution in [0.25, 0.3) is 0 Å². The van der Waals surface area contributed by atoms with Crippen molar-refractivity contribution in [3.05, 3.63) is 59.2 Å². The van der Waals surface area contributed by atoms with Gasteiger partial charge in [-0.3, -0.25) is 14.5 Å². The summed E-state index contributed by atoms with van der Waals surface area (Å²) in [5.41, 5.74) is 3.41. The van der Waals surface area contributed by atoms with E-state index in [4.69, 9.17) is 0 Å². The van der Waals surface area contributed by atoms with E-state index in [1.807, 2.05) is 0 Å². The van der Waals surface area contributed by atoms with Gasteiger partial charge in [0, 0.05) is 31.9 Å². The first kappa shape index (κ1) is 22.2. The summed E-state index contributed by atoms with van der Waals surface area (Å²) >= 11 is 0. The lowest BCUT2D eigenvalue weighted by molar-refractivity contribution is -0.136. The van der Waals surface area contributed by atoms with Gasteiger partial charge in [-0.15, -0.1) is 0 Å². The number of fused-ring (bicyclic) bond motifs is 1. The van der Waals surface area contributed by atoms with Crippen molar-refractivity contribution in [1.29, 1.82) is 0 Å². The summed E-state index contributed by atoms with van der Waals surface area (Å²) in [6.07, 6.45) is 4.38. The largest absolute Gasteiger partial charge is 0.374 e. The van der Waals surface area contributed by atoms with E-state index < -0.39 is 23.4 Å². The van der Waals surface area contributed by atoms with Gasteiger partial charge >= 0.3 is 11.8 Å². The molecule has 1 fully saturated rings. The van der Waals surface area contributed by atoms with E-state index >= 15 is 0 Å². The van der Waals surface area contributed by atoms with Gasteiger partial charge in [-0.25, -0.2) is 8.78 Å². The zero-order valence-electron chi connectivity index (χ0n) is 18.2. The predicted octanol–water partition coefficient (Wildman–Crippen LogP) is 3.24. The van der Waals surface area contributed by atoms with Gasteiger partial charge in [0.2, 0.25) is 0 Å². The number of hydrogen-bond acceptors (Lipinski definition) is 4. The quantitative estimate of drug-likeness (QED) is 0.698. The van der Waals surface area contributed by atoms with E-state index in [1.54, 1.807) is 0 Å². The Bertz CT molecular complexity index is 1010.